The lowest BCUT2D eigenvalue weighted by molar-refractivity contribution is 0.663. The van der Waals surface area contributed by atoms with E-state index >= 15 is 0 Å². The third-order valence-electron chi connectivity index (χ3n) is 3.32. The van der Waals surface area contributed by atoms with E-state index in [2.05, 4.69) is 58.2 Å². The van der Waals surface area contributed by atoms with Crippen LogP contribution in [0, 0.1) is 0 Å². The molecule has 0 aliphatic rings. The number of aromatic nitrogens is 3. The maximum atomic E-state index is 4.55. The Hall–Kier alpha value is -1.59. The van der Waals surface area contributed by atoms with Gasteiger partial charge >= 0.3 is 0 Å². The van der Waals surface area contributed by atoms with E-state index in [4.69, 9.17) is 0 Å². The Morgan fingerprint density at radius 3 is 2.00 bits per heavy atom. The topological polar surface area (TPSA) is 66.0 Å². The highest BCUT2D eigenvalue weighted by atomic mass is 15.3. The molecule has 1 rings (SSSR count). The van der Waals surface area contributed by atoms with Crippen molar-refractivity contribution in [2.75, 3.05) is 35.2 Å². The highest BCUT2D eigenvalue weighted by Gasteiger charge is 2.12. The first-order valence-electron chi connectivity index (χ1n) is 7.69. The van der Waals surface area contributed by atoms with Crippen LogP contribution in [0.5, 0.6) is 0 Å². The Labute approximate surface area is 122 Å². The Morgan fingerprint density at radius 1 is 0.900 bits per heavy atom. The van der Waals surface area contributed by atoms with Crippen molar-refractivity contribution in [2.24, 2.45) is 0 Å². The van der Waals surface area contributed by atoms with E-state index in [9.17, 15) is 0 Å². The molecule has 2 N–H and O–H groups in total. The van der Waals surface area contributed by atoms with Gasteiger partial charge in [0, 0.05) is 25.7 Å². The SMILES string of the molecule is CCNc1nc(NC(CC)CC)nc(N(CC)CC)n1. The molecule has 0 aliphatic carbocycles. The van der Waals surface area contributed by atoms with Crippen LogP contribution >= 0.6 is 0 Å². The molecule has 0 fully saturated rings. The van der Waals surface area contributed by atoms with E-state index in [1.165, 1.54) is 0 Å². The first kappa shape index (κ1) is 16.5. The molecule has 0 spiro atoms. The van der Waals surface area contributed by atoms with Gasteiger partial charge in [0.05, 0.1) is 0 Å². The molecule has 0 atom stereocenters. The molecule has 0 unspecified atom stereocenters. The van der Waals surface area contributed by atoms with Gasteiger partial charge in [0.2, 0.25) is 17.8 Å². The zero-order valence-corrected chi connectivity index (χ0v) is 13.4. The quantitative estimate of drug-likeness (QED) is 0.725. The second-order valence-electron chi connectivity index (χ2n) is 4.64. The lowest BCUT2D eigenvalue weighted by atomic mass is 10.2. The number of hydrogen-bond donors (Lipinski definition) is 2. The van der Waals surface area contributed by atoms with Gasteiger partial charge in [-0.05, 0) is 33.6 Å². The fourth-order valence-electron chi connectivity index (χ4n) is 1.99. The predicted octanol–water partition coefficient (Wildman–Crippen LogP) is 2.75. The molecule has 0 bridgehead atoms. The maximum Gasteiger partial charge on any atom is 0.231 e. The van der Waals surface area contributed by atoms with E-state index < -0.39 is 0 Å². The maximum absolute atomic E-state index is 4.55. The monoisotopic (exact) mass is 280 g/mol. The summed E-state index contributed by atoms with van der Waals surface area (Å²) in [5.41, 5.74) is 0. The Bertz CT molecular complexity index is 387. The molecule has 6 nitrogen and oxygen atoms in total. The van der Waals surface area contributed by atoms with Gasteiger partial charge in [0.15, 0.2) is 0 Å². The normalized spacial score (nSPS) is 10.7. The highest BCUT2D eigenvalue weighted by Crippen LogP contribution is 2.15. The van der Waals surface area contributed by atoms with Crippen LogP contribution in [0.1, 0.15) is 47.5 Å². The van der Waals surface area contributed by atoms with Gasteiger partial charge < -0.3 is 15.5 Å². The fourth-order valence-corrected chi connectivity index (χ4v) is 1.99. The van der Waals surface area contributed by atoms with Gasteiger partial charge in [-0.25, -0.2) is 0 Å². The molecule has 20 heavy (non-hydrogen) atoms. The molecule has 0 aromatic carbocycles. The summed E-state index contributed by atoms with van der Waals surface area (Å²) in [6.45, 7) is 13.1. The summed E-state index contributed by atoms with van der Waals surface area (Å²) >= 11 is 0. The van der Waals surface area contributed by atoms with Crippen LogP contribution in [-0.2, 0) is 0 Å². The zero-order valence-electron chi connectivity index (χ0n) is 13.4. The molecule has 0 saturated carbocycles. The number of rotatable bonds is 9. The molecule has 0 amide bonds. The summed E-state index contributed by atoms with van der Waals surface area (Å²) in [5, 5.41) is 6.56. The van der Waals surface area contributed by atoms with Crippen molar-refractivity contribution < 1.29 is 0 Å². The zero-order chi connectivity index (χ0) is 15.0. The van der Waals surface area contributed by atoms with Gasteiger partial charge in [0.25, 0.3) is 0 Å². The standard InChI is InChI=1S/C14H28N6/c1-6-11(7-2)16-13-17-12(15-8-3)18-14(19-13)20(9-4)10-5/h11H,6-10H2,1-5H3,(H2,15,16,17,18,19). The van der Waals surface area contributed by atoms with Crippen molar-refractivity contribution in [1.82, 2.24) is 15.0 Å². The van der Waals surface area contributed by atoms with Gasteiger partial charge in [0.1, 0.15) is 0 Å². The summed E-state index contributed by atoms with van der Waals surface area (Å²) in [4.78, 5) is 15.6. The van der Waals surface area contributed by atoms with Crippen LogP contribution in [0.2, 0.25) is 0 Å². The van der Waals surface area contributed by atoms with Crippen LogP contribution in [0.15, 0.2) is 0 Å². The predicted molar refractivity (Wildman–Crippen MR) is 85.5 cm³/mol. The van der Waals surface area contributed by atoms with Crippen molar-refractivity contribution in [3.8, 4) is 0 Å². The molecule has 1 aromatic heterocycles. The van der Waals surface area contributed by atoms with E-state index in [0.29, 0.717) is 17.9 Å². The van der Waals surface area contributed by atoms with E-state index in [0.717, 1.165) is 38.4 Å². The van der Waals surface area contributed by atoms with Crippen LogP contribution < -0.4 is 15.5 Å². The summed E-state index contributed by atoms with van der Waals surface area (Å²) in [6.07, 6.45) is 2.11. The second kappa shape index (κ2) is 8.55. The summed E-state index contributed by atoms with van der Waals surface area (Å²) in [6, 6.07) is 0.399. The van der Waals surface area contributed by atoms with Gasteiger partial charge in [-0.1, -0.05) is 13.8 Å². The summed E-state index contributed by atoms with van der Waals surface area (Å²) in [5.74, 6) is 2.03. The first-order chi connectivity index (χ1) is 9.68. The van der Waals surface area contributed by atoms with Crippen molar-refractivity contribution in [1.29, 1.82) is 0 Å². The van der Waals surface area contributed by atoms with Gasteiger partial charge in [-0.3, -0.25) is 0 Å². The summed E-state index contributed by atoms with van der Waals surface area (Å²) in [7, 11) is 0. The van der Waals surface area contributed by atoms with Gasteiger partial charge in [-0.2, -0.15) is 15.0 Å². The minimum absolute atomic E-state index is 0.399. The van der Waals surface area contributed by atoms with Crippen LogP contribution in [0.4, 0.5) is 17.8 Å². The molecule has 6 heteroatoms. The average Bonchev–Trinajstić information content (AvgIpc) is 2.46. The van der Waals surface area contributed by atoms with Crippen molar-refractivity contribution >= 4 is 17.8 Å². The molecule has 1 heterocycles. The molecule has 1 aromatic rings. The summed E-state index contributed by atoms with van der Waals surface area (Å²) < 4.78 is 0. The Morgan fingerprint density at radius 2 is 1.50 bits per heavy atom. The van der Waals surface area contributed by atoms with E-state index in [1.807, 2.05) is 6.92 Å². The number of nitrogens with one attached hydrogen (secondary N) is 2. The number of hydrogen-bond acceptors (Lipinski definition) is 6. The molecular weight excluding hydrogens is 252 g/mol. The smallest absolute Gasteiger partial charge is 0.231 e. The van der Waals surface area contributed by atoms with Crippen molar-refractivity contribution in [3.63, 3.8) is 0 Å². The second-order valence-corrected chi connectivity index (χ2v) is 4.64. The van der Waals surface area contributed by atoms with Crippen LogP contribution in [-0.4, -0.2) is 40.6 Å². The lowest BCUT2D eigenvalue weighted by Gasteiger charge is -2.21. The number of nitrogens with zero attached hydrogens (tertiary/aromatic N) is 4. The van der Waals surface area contributed by atoms with Crippen molar-refractivity contribution in [3.05, 3.63) is 0 Å². The minimum Gasteiger partial charge on any atom is -0.354 e. The van der Waals surface area contributed by atoms with E-state index in [1.54, 1.807) is 0 Å². The number of anilines is 3. The average molecular weight is 280 g/mol. The molecule has 0 saturated heterocycles. The molecule has 0 radical (unpaired) electrons. The highest BCUT2D eigenvalue weighted by molar-refractivity contribution is 5.44. The fraction of sp³-hybridized carbons (Fsp3) is 0.786. The third kappa shape index (κ3) is 4.51. The Balaban J connectivity index is 3.03. The molecular formula is C14H28N6. The lowest BCUT2D eigenvalue weighted by Crippen LogP contribution is -2.26. The van der Waals surface area contributed by atoms with Crippen molar-refractivity contribution in [2.45, 2.75) is 53.5 Å². The Kier molecular flexibility index (Phi) is 7.04. The molecule has 0 aliphatic heterocycles. The minimum atomic E-state index is 0.399. The molecule has 114 valence electrons. The largest absolute Gasteiger partial charge is 0.354 e. The third-order valence-corrected chi connectivity index (χ3v) is 3.32. The van der Waals surface area contributed by atoms with Crippen LogP contribution in [0.25, 0.3) is 0 Å². The van der Waals surface area contributed by atoms with E-state index in [-0.39, 0.29) is 0 Å². The first-order valence-corrected chi connectivity index (χ1v) is 7.69. The van der Waals surface area contributed by atoms with Crippen LogP contribution in [0.3, 0.4) is 0 Å². The van der Waals surface area contributed by atoms with Gasteiger partial charge in [-0.15, -0.1) is 0 Å².